The van der Waals surface area contributed by atoms with Crippen molar-refractivity contribution in [2.75, 3.05) is 26.9 Å². The SMILES string of the molecule is COCC(=O)N(C[C@H]1N[C@H](CO)[C@@H]1c1ccc(-c2ccccc2)cc1)C(C)C. The van der Waals surface area contributed by atoms with Gasteiger partial charge >= 0.3 is 0 Å². The minimum absolute atomic E-state index is 0.00933. The molecule has 3 atom stereocenters. The van der Waals surface area contributed by atoms with Gasteiger partial charge in [-0.2, -0.15) is 0 Å². The van der Waals surface area contributed by atoms with Crippen LogP contribution in [0, 0.1) is 0 Å². The molecule has 1 heterocycles. The summed E-state index contributed by atoms with van der Waals surface area (Å²) in [5, 5.41) is 13.2. The van der Waals surface area contributed by atoms with E-state index in [-0.39, 0.29) is 43.2 Å². The molecule has 0 aromatic heterocycles. The zero-order chi connectivity index (χ0) is 20.1. The van der Waals surface area contributed by atoms with Gasteiger partial charge in [0.25, 0.3) is 0 Å². The lowest BCUT2D eigenvalue weighted by molar-refractivity contribution is -0.138. The van der Waals surface area contributed by atoms with E-state index < -0.39 is 0 Å². The summed E-state index contributed by atoms with van der Waals surface area (Å²) < 4.78 is 5.03. The minimum atomic E-state index is -0.00933. The number of nitrogens with zero attached hydrogens (tertiary/aromatic N) is 1. The number of hydrogen-bond acceptors (Lipinski definition) is 4. The highest BCUT2D eigenvalue weighted by molar-refractivity contribution is 5.77. The maximum atomic E-state index is 12.4. The molecule has 2 aromatic carbocycles. The maximum Gasteiger partial charge on any atom is 0.248 e. The largest absolute Gasteiger partial charge is 0.395 e. The van der Waals surface area contributed by atoms with Crippen molar-refractivity contribution in [3.63, 3.8) is 0 Å². The monoisotopic (exact) mass is 382 g/mol. The third-order valence-corrected chi connectivity index (χ3v) is 5.50. The Morgan fingerprint density at radius 1 is 1.07 bits per heavy atom. The number of hydrogen-bond donors (Lipinski definition) is 2. The van der Waals surface area contributed by atoms with Crippen molar-refractivity contribution in [1.29, 1.82) is 0 Å². The van der Waals surface area contributed by atoms with Crippen LogP contribution in [-0.4, -0.2) is 60.9 Å². The molecule has 1 fully saturated rings. The molecule has 2 N–H and O–H groups in total. The van der Waals surface area contributed by atoms with Crippen LogP contribution in [0.4, 0.5) is 0 Å². The number of ether oxygens (including phenoxy) is 1. The van der Waals surface area contributed by atoms with Gasteiger partial charge in [-0.05, 0) is 30.5 Å². The fourth-order valence-corrected chi connectivity index (χ4v) is 3.99. The summed E-state index contributed by atoms with van der Waals surface area (Å²) in [4.78, 5) is 14.2. The predicted octanol–water partition coefficient (Wildman–Crippen LogP) is 2.65. The highest BCUT2D eigenvalue weighted by Crippen LogP contribution is 2.34. The number of aliphatic hydroxyl groups is 1. The van der Waals surface area contributed by atoms with Crippen LogP contribution in [0.5, 0.6) is 0 Å². The summed E-state index contributed by atoms with van der Waals surface area (Å²) >= 11 is 0. The van der Waals surface area contributed by atoms with Crippen molar-refractivity contribution < 1.29 is 14.6 Å². The lowest BCUT2D eigenvalue weighted by atomic mass is 9.77. The van der Waals surface area contributed by atoms with E-state index >= 15 is 0 Å². The van der Waals surface area contributed by atoms with Crippen LogP contribution in [0.2, 0.25) is 0 Å². The molecule has 5 heteroatoms. The lowest BCUT2D eigenvalue weighted by Crippen LogP contribution is -2.65. The van der Waals surface area contributed by atoms with Gasteiger partial charge in [0.2, 0.25) is 5.91 Å². The normalized spacial score (nSPS) is 21.4. The van der Waals surface area contributed by atoms with Gasteiger partial charge < -0.3 is 20.1 Å². The number of carbonyl (C=O) groups is 1. The first-order chi connectivity index (χ1) is 13.5. The molecular weight excluding hydrogens is 352 g/mol. The van der Waals surface area contributed by atoms with E-state index in [2.05, 4.69) is 41.7 Å². The summed E-state index contributed by atoms with van der Waals surface area (Å²) in [5.41, 5.74) is 3.55. The second-order valence-electron chi connectivity index (χ2n) is 7.65. The number of rotatable bonds is 8. The first kappa shape index (κ1) is 20.5. The summed E-state index contributed by atoms with van der Waals surface area (Å²) in [6.07, 6.45) is 0. The number of benzene rings is 2. The molecule has 0 unspecified atom stereocenters. The minimum Gasteiger partial charge on any atom is -0.395 e. The maximum absolute atomic E-state index is 12.4. The summed E-state index contributed by atoms with van der Waals surface area (Å²) in [5.74, 6) is 0.163. The van der Waals surface area contributed by atoms with Crippen LogP contribution in [0.25, 0.3) is 11.1 Å². The molecule has 1 aliphatic heterocycles. The number of amides is 1. The average molecular weight is 383 g/mol. The predicted molar refractivity (Wildman–Crippen MR) is 111 cm³/mol. The standard InChI is InChI=1S/C23H30N2O3/c1-16(2)25(22(27)15-28-3)13-20-23(21(14-26)24-20)19-11-9-18(10-12-19)17-7-5-4-6-8-17/h4-12,16,20-21,23-24,26H,13-15H2,1-3H3/t20-,21-,23-/m1/s1. The van der Waals surface area contributed by atoms with Crippen molar-refractivity contribution in [1.82, 2.24) is 10.2 Å². The zero-order valence-corrected chi connectivity index (χ0v) is 16.8. The first-order valence-corrected chi connectivity index (χ1v) is 9.85. The molecule has 28 heavy (non-hydrogen) atoms. The third kappa shape index (κ3) is 4.43. The number of methoxy groups -OCH3 is 1. The fourth-order valence-electron chi connectivity index (χ4n) is 3.99. The van der Waals surface area contributed by atoms with E-state index in [9.17, 15) is 9.90 Å². The zero-order valence-electron chi connectivity index (χ0n) is 16.8. The topological polar surface area (TPSA) is 61.8 Å². The quantitative estimate of drug-likeness (QED) is 0.737. The van der Waals surface area contributed by atoms with Crippen LogP contribution in [0.1, 0.15) is 25.3 Å². The van der Waals surface area contributed by atoms with Crippen molar-refractivity contribution in [2.45, 2.75) is 37.9 Å². The number of aliphatic hydroxyl groups excluding tert-OH is 1. The van der Waals surface area contributed by atoms with Crippen LogP contribution in [0.3, 0.4) is 0 Å². The van der Waals surface area contributed by atoms with Gasteiger partial charge in [-0.15, -0.1) is 0 Å². The molecule has 0 spiro atoms. The Balaban J connectivity index is 1.75. The van der Waals surface area contributed by atoms with E-state index in [1.807, 2.05) is 36.9 Å². The molecule has 1 saturated heterocycles. The molecule has 0 aliphatic carbocycles. The number of carbonyl (C=O) groups excluding carboxylic acids is 1. The van der Waals surface area contributed by atoms with Crippen molar-refractivity contribution in [3.05, 3.63) is 60.2 Å². The Morgan fingerprint density at radius 2 is 1.71 bits per heavy atom. The summed E-state index contributed by atoms with van der Waals surface area (Å²) in [6.45, 7) is 4.79. The molecule has 0 radical (unpaired) electrons. The molecule has 3 rings (SSSR count). The highest BCUT2D eigenvalue weighted by Gasteiger charge is 2.42. The third-order valence-electron chi connectivity index (χ3n) is 5.50. The van der Waals surface area contributed by atoms with Gasteiger partial charge in [0.05, 0.1) is 6.61 Å². The second-order valence-corrected chi connectivity index (χ2v) is 7.65. The Hall–Kier alpha value is -2.21. The van der Waals surface area contributed by atoms with E-state index in [0.717, 1.165) is 0 Å². The Labute approximate surface area is 167 Å². The smallest absolute Gasteiger partial charge is 0.248 e. The van der Waals surface area contributed by atoms with Crippen LogP contribution in [0.15, 0.2) is 54.6 Å². The first-order valence-electron chi connectivity index (χ1n) is 9.85. The van der Waals surface area contributed by atoms with Gasteiger partial charge in [0, 0.05) is 37.7 Å². The molecular formula is C23H30N2O3. The average Bonchev–Trinajstić information content (AvgIpc) is 2.68. The fraction of sp³-hybridized carbons (Fsp3) is 0.435. The molecule has 150 valence electrons. The molecule has 0 saturated carbocycles. The Morgan fingerprint density at radius 3 is 2.29 bits per heavy atom. The molecule has 1 amide bonds. The van der Waals surface area contributed by atoms with Gasteiger partial charge in [-0.25, -0.2) is 0 Å². The number of nitrogens with one attached hydrogen (secondary N) is 1. The van der Waals surface area contributed by atoms with Gasteiger partial charge in [0.1, 0.15) is 6.61 Å². The highest BCUT2D eigenvalue weighted by atomic mass is 16.5. The van der Waals surface area contributed by atoms with Crippen LogP contribution in [-0.2, 0) is 9.53 Å². The van der Waals surface area contributed by atoms with Crippen LogP contribution >= 0.6 is 0 Å². The molecule has 1 aliphatic rings. The van der Waals surface area contributed by atoms with E-state index in [4.69, 9.17) is 4.74 Å². The van der Waals surface area contributed by atoms with E-state index in [0.29, 0.717) is 6.54 Å². The van der Waals surface area contributed by atoms with Crippen LogP contribution < -0.4 is 5.32 Å². The lowest BCUT2D eigenvalue weighted by Gasteiger charge is -2.48. The van der Waals surface area contributed by atoms with Crippen molar-refractivity contribution in [3.8, 4) is 11.1 Å². The van der Waals surface area contributed by atoms with Gasteiger partial charge in [0.15, 0.2) is 0 Å². The molecule has 5 nitrogen and oxygen atoms in total. The summed E-state index contributed by atoms with van der Waals surface area (Å²) in [7, 11) is 1.54. The van der Waals surface area contributed by atoms with Crippen molar-refractivity contribution in [2.24, 2.45) is 0 Å². The Bertz CT molecular complexity index is 761. The molecule has 2 aromatic rings. The van der Waals surface area contributed by atoms with E-state index in [1.54, 1.807) is 0 Å². The molecule has 0 bridgehead atoms. The van der Waals surface area contributed by atoms with Gasteiger partial charge in [-0.1, -0.05) is 54.6 Å². The van der Waals surface area contributed by atoms with E-state index in [1.165, 1.54) is 23.8 Å². The Kier molecular flexibility index (Phi) is 6.83. The second kappa shape index (κ2) is 9.32. The summed E-state index contributed by atoms with van der Waals surface area (Å²) in [6, 6.07) is 19.0. The van der Waals surface area contributed by atoms with Gasteiger partial charge in [-0.3, -0.25) is 4.79 Å². The van der Waals surface area contributed by atoms with Crippen molar-refractivity contribution >= 4 is 5.91 Å².